The van der Waals surface area contributed by atoms with Gasteiger partial charge in [0.1, 0.15) is 0 Å². The van der Waals surface area contributed by atoms with Crippen molar-refractivity contribution in [2.75, 3.05) is 20.3 Å². The van der Waals surface area contributed by atoms with Gasteiger partial charge in [0.15, 0.2) is 0 Å². The molecule has 1 aromatic rings. The molecule has 0 radical (unpaired) electrons. The van der Waals surface area contributed by atoms with E-state index in [0.29, 0.717) is 12.0 Å². The van der Waals surface area contributed by atoms with Gasteiger partial charge in [0, 0.05) is 25.4 Å². The van der Waals surface area contributed by atoms with E-state index in [1.807, 2.05) is 11.7 Å². The maximum Gasteiger partial charge on any atom is 0.0628 e. The van der Waals surface area contributed by atoms with Crippen LogP contribution >= 0.6 is 0 Å². The van der Waals surface area contributed by atoms with Gasteiger partial charge in [-0.3, -0.25) is 4.68 Å². The Hall–Kier alpha value is -0.870. The Morgan fingerprint density at radius 1 is 1.50 bits per heavy atom. The van der Waals surface area contributed by atoms with Crippen LogP contribution in [-0.4, -0.2) is 36.1 Å². The van der Waals surface area contributed by atoms with Gasteiger partial charge in [-0.1, -0.05) is 0 Å². The normalized spacial score (nSPS) is 21.4. The maximum absolute atomic E-state index is 5.49. The highest BCUT2D eigenvalue weighted by Gasteiger charge is 2.24. The molecule has 1 aromatic heterocycles. The van der Waals surface area contributed by atoms with Crippen molar-refractivity contribution in [3.63, 3.8) is 0 Å². The topological polar surface area (TPSA) is 39.1 Å². The molecule has 4 heteroatoms. The third kappa shape index (κ3) is 2.75. The average Bonchev–Trinajstić information content (AvgIpc) is 2.94. The summed E-state index contributed by atoms with van der Waals surface area (Å²) in [6.07, 6.45) is 3.46. The first-order valence-corrected chi connectivity index (χ1v) is 6.87. The molecular formula is C14H25N3O. The number of hydrogen-bond donors (Lipinski definition) is 1. The Morgan fingerprint density at radius 3 is 2.78 bits per heavy atom. The Labute approximate surface area is 110 Å². The lowest BCUT2D eigenvalue weighted by Crippen LogP contribution is -2.34. The molecule has 0 spiro atoms. The second kappa shape index (κ2) is 5.85. The van der Waals surface area contributed by atoms with E-state index < -0.39 is 0 Å². The number of nitrogens with zero attached hydrogens (tertiary/aromatic N) is 2. The first-order valence-electron chi connectivity index (χ1n) is 6.87. The van der Waals surface area contributed by atoms with Gasteiger partial charge >= 0.3 is 0 Å². The van der Waals surface area contributed by atoms with Crippen LogP contribution in [0.25, 0.3) is 0 Å². The van der Waals surface area contributed by atoms with Crippen LogP contribution in [0.4, 0.5) is 0 Å². The molecule has 1 saturated heterocycles. The number of hydrogen-bond acceptors (Lipinski definition) is 3. The van der Waals surface area contributed by atoms with Crippen LogP contribution in [0, 0.1) is 19.8 Å². The number of ether oxygens (including phenoxy) is 1. The largest absolute Gasteiger partial charge is 0.381 e. The SMILES string of the molecule is CNC(CCc1c(C)nn(C)c1C)C1CCOC1. The highest BCUT2D eigenvalue weighted by atomic mass is 16.5. The van der Waals surface area contributed by atoms with Crippen LogP contribution in [-0.2, 0) is 18.2 Å². The fourth-order valence-electron chi connectivity index (χ4n) is 2.96. The third-order valence-corrected chi connectivity index (χ3v) is 4.27. The van der Waals surface area contributed by atoms with Crippen molar-refractivity contribution >= 4 is 0 Å². The van der Waals surface area contributed by atoms with E-state index in [-0.39, 0.29) is 0 Å². The predicted molar refractivity (Wildman–Crippen MR) is 72.8 cm³/mol. The molecule has 2 heterocycles. The van der Waals surface area contributed by atoms with Gasteiger partial charge in [0.2, 0.25) is 0 Å². The van der Waals surface area contributed by atoms with Crippen LogP contribution in [0.3, 0.4) is 0 Å². The van der Waals surface area contributed by atoms with Crippen molar-refractivity contribution in [2.45, 2.75) is 39.2 Å². The third-order valence-electron chi connectivity index (χ3n) is 4.27. The summed E-state index contributed by atoms with van der Waals surface area (Å²) in [6.45, 7) is 6.10. The minimum Gasteiger partial charge on any atom is -0.381 e. The molecule has 18 heavy (non-hydrogen) atoms. The lowest BCUT2D eigenvalue weighted by atomic mass is 9.93. The summed E-state index contributed by atoms with van der Waals surface area (Å²) >= 11 is 0. The summed E-state index contributed by atoms with van der Waals surface area (Å²) in [4.78, 5) is 0. The summed E-state index contributed by atoms with van der Waals surface area (Å²) in [5.74, 6) is 0.673. The molecule has 0 aliphatic carbocycles. The molecule has 0 aromatic carbocycles. The van der Waals surface area contributed by atoms with Crippen LogP contribution in [0.1, 0.15) is 29.8 Å². The number of rotatable bonds is 5. The second-order valence-electron chi connectivity index (χ2n) is 5.33. The van der Waals surface area contributed by atoms with Crippen molar-refractivity contribution in [1.29, 1.82) is 0 Å². The van der Waals surface area contributed by atoms with Crippen molar-refractivity contribution in [2.24, 2.45) is 13.0 Å². The van der Waals surface area contributed by atoms with Gasteiger partial charge in [-0.2, -0.15) is 5.10 Å². The smallest absolute Gasteiger partial charge is 0.0628 e. The van der Waals surface area contributed by atoms with Crippen LogP contribution in [0.15, 0.2) is 0 Å². The molecule has 0 saturated carbocycles. The van der Waals surface area contributed by atoms with Crippen molar-refractivity contribution in [3.8, 4) is 0 Å². The number of aryl methyl sites for hydroxylation is 2. The fraction of sp³-hybridized carbons (Fsp3) is 0.786. The summed E-state index contributed by atoms with van der Waals surface area (Å²) in [7, 11) is 4.08. The van der Waals surface area contributed by atoms with E-state index >= 15 is 0 Å². The van der Waals surface area contributed by atoms with Crippen LogP contribution < -0.4 is 5.32 Å². The lowest BCUT2D eigenvalue weighted by Gasteiger charge is -2.21. The summed E-state index contributed by atoms with van der Waals surface area (Å²) in [5.41, 5.74) is 3.88. The van der Waals surface area contributed by atoms with E-state index in [0.717, 1.165) is 26.1 Å². The van der Waals surface area contributed by atoms with Crippen molar-refractivity contribution in [3.05, 3.63) is 17.0 Å². The zero-order chi connectivity index (χ0) is 13.1. The summed E-state index contributed by atoms with van der Waals surface area (Å²) in [6, 6.07) is 0.562. The first kappa shape index (κ1) is 13.6. The monoisotopic (exact) mass is 251 g/mol. The molecule has 0 amide bonds. The molecule has 2 atom stereocenters. The molecule has 102 valence electrons. The second-order valence-corrected chi connectivity index (χ2v) is 5.33. The van der Waals surface area contributed by atoms with Crippen molar-refractivity contribution in [1.82, 2.24) is 15.1 Å². The molecule has 1 fully saturated rings. The molecule has 0 bridgehead atoms. The minimum atomic E-state index is 0.562. The molecular weight excluding hydrogens is 226 g/mol. The van der Waals surface area contributed by atoms with E-state index in [2.05, 4.69) is 31.3 Å². The molecule has 2 unspecified atom stereocenters. The molecule has 1 aliphatic rings. The molecule has 4 nitrogen and oxygen atoms in total. The molecule has 1 N–H and O–H groups in total. The Kier molecular flexibility index (Phi) is 4.40. The van der Waals surface area contributed by atoms with Gasteiger partial charge in [0.25, 0.3) is 0 Å². The van der Waals surface area contributed by atoms with Gasteiger partial charge in [-0.15, -0.1) is 0 Å². The predicted octanol–water partition coefficient (Wildman–Crippen LogP) is 1.59. The summed E-state index contributed by atoms with van der Waals surface area (Å²) in [5, 5.41) is 7.94. The Bertz CT molecular complexity index is 394. The zero-order valence-corrected chi connectivity index (χ0v) is 12.0. The Balaban J connectivity index is 1.96. The number of aromatic nitrogens is 2. The van der Waals surface area contributed by atoms with E-state index in [1.165, 1.54) is 23.4 Å². The van der Waals surface area contributed by atoms with Gasteiger partial charge in [-0.25, -0.2) is 0 Å². The van der Waals surface area contributed by atoms with Gasteiger partial charge in [0.05, 0.1) is 12.3 Å². The van der Waals surface area contributed by atoms with Crippen molar-refractivity contribution < 1.29 is 4.74 Å². The molecule has 1 aliphatic heterocycles. The fourth-order valence-corrected chi connectivity index (χ4v) is 2.96. The zero-order valence-electron chi connectivity index (χ0n) is 12.0. The average molecular weight is 251 g/mol. The van der Waals surface area contributed by atoms with E-state index in [9.17, 15) is 0 Å². The number of nitrogens with one attached hydrogen (secondary N) is 1. The minimum absolute atomic E-state index is 0.562. The van der Waals surface area contributed by atoms with Gasteiger partial charge < -0.3 is 10.1 Å². The lowest BCUT2D eigenvalue weighted by molar-refractivity contribution is 0.176. The quantitative estimate of drug-likeness (QED) is 0.864. The summed E-state index contributed by atoms with van der Waals surface area (Å²) < 4.78 is 7.47. The highest BCUT2D eigenvalue weighted by molar-refractivity contribution is 5.24. The Morgan fingerprint density at radius 2 is 2.28 bits per heavy atom. The van der Waals surface area contributed by atoms with E-state index in [4.69, 9.17) is 4.74 Å². The highest BCUT2D eigenvalue weighted by Crippen LogP contribution is 2.22. The standard InChI is InChI=1S/C14H25N3O/c1-10-13(11(2)17(4)16-10)5-6-14(15-3)12-7-8-18-9-12/h12,14-15H,5-9H2,1-4H3. The van der Waals surface area contributed by atoms with Crippen LogP contribution in [0.2, 0.25) is 0 Å². The van der Waals surface area contributed by atoms with Crippen LogP contribution in [0.5, 0.6) is 0 Å². The van der Waals surface area contributed by atoms with E-state index in [1.54, 1.807) is 0 Å². The first-order chi connectivity index (χ1) is 8.63. The molecule has 2 rings (SSSR count). The van der Waals surface area contributed by atoms with Gasteiger partial charge in [-0.05, 0) is 51.6 Å². The maximum atomic E-state index is 5.49.